The predicted molar refractivity (Wildman–Crippen MR) is 135 cm³/mol. The molecule has 1 saturated carbocycles. The van der Waals surface area contributed by atoms with Gasteiger partial charge in [0.1, 0.15) is 11.6 Å². The summed E-state index contributed by atoms with van der Waals surface area (Å²) >= 11 is 0. The Balaban J connectivity index is 1.27. The lowest BCUT2D eigenvalue weighted by molar-refractivity contribution is -0.0500. The number of aromatic nitrogens is 2. The zero-order valence-corrected chi connectivity index (χ0v) is 21.5. The van der Waals surface area contributed by atoms with Crippen LogP contribution in [0.1, 0.15) is 60.5 Å². The lowest BCUT2D eigenvalue weighted by atomic mass is 9.85. The molecular formula is C27H28F3N3O4S. The summed E-state index contributed by atoms with van der Waals surface area (Å²) in [6, 6.07) is 11.1. The smallest absolute Gasteiger partial charge is 0.384 e. The third kappa shape index (κ3) is 4.40. The molecule has 2 heterocycles. The maximum absolute atomic E-state index is 13.0. The number of halogens is 3. The fraction of sp³-hybridized carbons (Fsp3) is 0.444. The minimum atomic E-state index is -5.73. The van der Waals surface area contributed by atoms with Crippen LogP contribution in [-0.4, -0.2) is 44.2 Å². The molecule has 2 N–H and O–H groups in total. The van der Waals surface area contributed by atoms with Crippen molar-refractivity contribution < 1.29 is 30.5 Å². The molecule has 11 heteroatoms. The van der Waals surface area contributed by atoms with E-state index in [-0.39, 0.29) is 23.6 Å². The third-order valence-corrected chi connectivity index (χ3v) is 9.00. The molecule has 0 radical (unpaired) electrons. The highest BCUT2D eigenvalue weighted by molar-refractivity contribution is 7.88. The first-order valence-corrected chi connectivity index (χ1v) is 14.1. The summed E-state index contributed by atoms with van der Waals surface area (Å²) in [5.74, 6) is 1.32. The molecule has 1 saturated heterocycles. The largest absolute Gasteiger partial charge is 0.534 e. The van der Waals surface area contributed by atoms with E-state index in [0.717, 1.165) is 72.6 Å². The summed E-state index contributed by atoms with van der Waals surface area (Å²) in [6.45, 7) is 1.61. The number of ether oxygens (including phenoxy) is 1. The van der Waals surface area contributed by atoms with Crippen LogP contribution < -0.4 is 9.50 Å². The normalized spacial score (nSPS) is 24.6. The molecule has 0 amide bonds. The third-order valence-electron chi connectivity index (χ3n) is 8.04. The number of imidazole rings is 1. The van der Waals surface area contributed by atoms with E-state index in [2.05, 4.69) is 19.5 Å². The number of hydrogen-bond acceptors (Lipinski definition) is 6. The topological polar surface area (TPSA) is 93.3 Å². The van der Waals surface area contributed by atoms with Crippen molar-refractivity contribution in [3.63, 3.8) is 0 Å². The number of rotatable bonds is 7. The first-order valence-electron chi connectivity index (χ1n) is 12.7. The average Bonchev–Trinajstić information content (AvgIpc) is 3.68. The van der Waals surface area contributed by atoms with Crippen molar-refractivity contribution in [2.24, 2.45) is 5.92 Å². The molecule has 2 aromatic carbocycles. The number of fused-ring (bicyclic) bond motifs is 5. The van der Waals surface area contributed by atoms with Crippen molar-refractivity contribution in [1.29, 1.82) is 0 Å². The van der Waals surface area contributed by atoms with E-state index in [0.29, 0.717) is 11.5 Å². The van der Waals surface area contributed by atoms with E-state index >= 15 is 0 Å². The molecule has 2 unspecified atom stereocenters. The van der Waals surface area contributed by atoms with Crippen LogP contribution in [0.15, 0.2) is 42.6 Å². The molecular weight excluding hydrogens is 519 g/mol. The Hall–Kier alpha value is -2.89. The van der Waals surface area contributed by atoms with Crippen LogP contribution in [0.4, 0.5) is 13.2 Å². The molecule has 2 aliphatic carbocycles. The van der Waals surface area contributed by atoms with Gasteiger partial charge in [-0.25, -0.2) is 4.98 Å². The fourth-order valence-electron chi connectivity index (χ4n) is 6.34. The molecule has 0 spiro atoms. The Kier molecular flexibility index (Phi) is 6.27. The van der Waals surface area contributed by atoms with E-state index < -0.39 is 15.6 Å². The van der Waals surface area contributed by atoms with Crippen molar-refractivity contribution in [1.82, 2.24) is 15.3 Å². The SMILES string of the molecule is COC[C@@H]1CN[C@H](c2ncc(-c3ccc(-c4ccc(OS(=O)(=O)C(F)(F)F)c5c4C4CCC5C4)cc3)[nH]2)C1. The minimum absolute atomic E-state index is 0.00348. The highest BCUT2D eigenvalue weighted by Crippen LogP contribution is 2.58. The molecule has 2 fully saturated rings. The Morgan fingerprint density at radius 3 is 2.42 bits per heavy atom. The molecule has 3 aliphatic rings. The van der Waals surface area contributed by atoms with Crippen LogP contribution in [0.2, 0.25) is 0 Å². The van der Waals surface area contributed by atoms with Gasteiger partial charge in [0.05, 0.1) is 24.5 Å². The van der Waals surface area contributed by atoms with E-state index in [9.17, 15) is 21.6 Å². The van der Waals surface area contributed by atoms with Gasteiger partial charge in [-0.1, -0.05) is 30.3 Å². The maximum Gasteiger partial charge on any atom is 0.534 e. The van der Waals surface area contributed by atoms with Gasteiger partial charge in [-0.15, -0.1) is 0 Å². The highest BCUT2D eigenvalue weighted by atomic mass is 32.2. The van der Waals surface area contributed by atoms with Gasteiger partial charge in [0.2, 0.25) is 0 Å². The molecule has 1 aromatic heterocycles. The molecule has 202 valence electrons. The van der Waals surface area contributed by atoms with Crippen molar-refractivity contribution in [2.45, 2.75) is 49.1 Å². The number of nitrogens with one attached hydrogen (secondary N) is 2. The summed E-state index contributed by atoms with van der Waals surface area (Å²) in [6.07, 6.45) is 5.31. The van der Waals surface area contributed by atoms with E-state index in [4.69, 9.17) is 4.74 Å². The van der Waals surface area contributed by atoms with Crippen molar-refractivity contribution in [3.8, 4) is 28.1 Å². The van der Waals surface area contributed by atoms with Crippen LogP contribution in [0.25, 0.3) is 22.4 Å². The fourth-order valence-corrected chi connectivity index (χ4v) is 6.82. The van der Waals surface area contributed by atoms with Gasteiger partial charge in [-0.05, 0) is 71.8 Å². The number of benzene rings is 2. The van der Waals surface area contributed by atoms with Gasteiger partial charge in [-0.2, -0.15) is 21.6 Å². The van der Waals surface area contributed by atoms with Crippen molar-refractivity contribution in [3.05, 3.63) is 59.5 Å². The molecule has 2 bridgehead atoms. The Morgan fingerprint density at radius 1 is 1.00 bits per heavy atom. The first-order chi connectivity index (χ1) is 18.1. The van der Waals surface area contributed by atoms with Gasteiger partial charge in [0.15, 0.2) is 0 Å². The van der Waals surface area contributed by atoms with Gasteiger partial charge >= 0.3 is 15.6 Å². The van der Waals surface area contributed by atoms with E-state index in [1.165, 1.54) is 6.07 Å². The summed E-state index contributed by atoms with van der Waals surface area (Å²) in [5, 5.41) is 3.48. The van der Waals surface area contributed by atoms with Crippen molar-refractivity contribution >= 4 is 10.1 Å². The van der Waals surface area contributed by atoms with Crippen LogP contribution in [0.3, 0.4) is 0 Å². The average molecular weight is 548 g/mol. The molecule has 38 heavy (non-hydrogen) atoms. The molecule has 6 rings (SSSR count). The molecule has 7 nitrogen and oxygen atoms in total. The molecule has 1 aliphatic heterocycles. The van der Waals surface area contributed by atoms with E-state index in [1.54, 1.807) is 13.2 Å². The number of methoxy groups -OCH3 is 1. The maximum atomic E-state index is 13.0. The highest BCUT2D eigenvalue weighted by Gasteiger charge is 2.50. The number of alkyl halides is 3. The second-order valence-corrected chi connectivity index (χ2v) is 11.9. The predicted octanol–water partition coefficient (Wildman–Crippen LogP) is 5.63. The Bertz CT molecular complexity index is 1450. The standard InChI is InChI=1S/C27H28F3N3O4S/c1-36-14-15-10-21(31-12-15)26-32-13-22(33-26)17-4-2-16(3-5-17)20-8-9-23(37-38(34,35)27(28,29)30)25-19-7-6-18(11-19)24(20)25/h2-5,8-9,13,15,18-19,21,31H,6-7,10-12,14H2,1H3,(H,32,33)/t15-,18?,19?,21-/m0/s1. The number of aromatic amines is 1. The van der Waals surface area contributed by atoms with Crippen LogP contribution >= 0.6 is 0 Å². The van der Waals surface area contributed by atoms with Crippen LogP contribution in [0, 0.1) is 5.92 Å². The Labute approximate surface area is 218 Å². The zero-order valence-electron chi connectivity index (χ0n) is 20.7. The summed E-state index contributed by atoms with van der Waals surface area (Å²) in [7, 11) is -4.02. The van der Waals surface area contributed by atoms with Gasteiger partial charge in [0, 0.05) is 19.2 Å². The summed E-state index contributed by atoms with van der Waals surface area (Å²) in [5.41, 5.74) is -0.280. The second-order valence-electron chi connectivity index (χ2n) is 10.4. The lowest BCUT2D eigenvalue weighted by Crippen LogP contribution is -2.28. The molecule has 3 aromatic rings. The minimum Gasteiger partial charge on any atom is -0.384 e. The number of H-pyrrole nitrogens is 1. The summed E-state index contributed by atoms with van der Waals surface area (Å²) < 4.78 is 72.3. The van der Waals surface area contributed by atoms with E-state index in [1.807, 2.05) is 30.5 Å². The lowest BCUT2D eigenvalue weighted by Gasteiger charge is -2.22. The summed E-state index contributed by atoms with van der Waals surface area (Å²) in [4.78, 5) is 8.00. The molecule has 4 atom stereocenters. The monoisotopic (exact) mass is 547 g/mol. The van der Waals surface area contributed by atoms with Gasteiger partial charge < -0.3 is 19.2 Å². The quantitative estimate of drug-likeness (QED) is 0.294. The van der Waals surface area contributed by atoms with Crippen molar-refractivity contribution in [2.75, 3.05) is 20.3 Å². The number of hydrogen-bond donors (Lipinski definition) is 2. The van der Waals surface area contributed by atoms with Crippen LogP contribution in [0.5, 0.6) is 5.75 Å². The number of nitrogens with zero attached hydrogens (tertiary/aromatic N) is 1. The van der Waals surface area contributed by atoms with Gasteiger partial charge in [-0.3, -0.25) is 0 Å². The Morgan fingerprint density at radius 2 is 1.71 bits per heavy atom. The first kappa shape index (κ1) is 25.4. The zero-order chi connectivity index (χ0) is 26.7. The van der Waals surface area contributed by atoms with Gasteiger partial charge in [0.25, 0.3) is 0 Å². The second kappa shape index (κ2) is 9.39. The van der Waals surface area contributed by atoms with Crippen LogP contribution in [-0.2, 0) is 14.9 Å².